The van der Waals surface area contributed by atoms with E-state index in [-0.39, 0.29) is 5.91 Å². The summed E-state index contributed by atoms with van der Waals surface area (Å²) in [7, 11) is 5.98. The minimum Gasteiger partial charge on any atom is -0.377 e. The predicted octanol–water partition coefficient (Wildman–Crippen LogP) is 3.54. The van der Waals surface area contributed by atoms with E-state index < -0.39 is 0 Å². The molecule has 0 N–H and O–H groups in total. The number of aryl methyl sites for hydroxylation is 1. The maximum atomic E-state index is 13.1. The quantitative estimate of drug-likeness (QED) is 0.522. The number of amides is 1. The second-order valence-corrected chi connectivity index (χ2v) is 7.14. The summed E-state index contributed by atoms with van der Waals surface area (Å²) in [5.74, 6) is 0.628. The van der Waals surface area contributed by atoms with Crippen molar-refractivity contribution in [2.75, 3.05) is 24.0 Å². The van der Waals surface area contributed by atoms with Gasteiger partial charge in [0.25, 0.3) is 0 Å². The number of benzene rings is 2. The van der Waals surface area contributed by atoms with Crippen molar-refractivity contribution >= 4 is 40.0 Å². The van der Waals surface area contributed by atoms with Crippen molar-refractivity contribution in [1.82, 2.24) is 0 Å². The van der Waals surface area contributed by atoms with E-state index in [1.165, 1.54) is 5.01 Å². The molecule has 5 heteroatoms. The van der Waals surface area contributed by atoms with Crippen LogP contribution in [0.25, 0.3) is 16.8 Å². The van der Waals surface area contributed by atoms with Crippen molar-refractivity contribution in [3.8, 4) is 0 Å². The fraction of sp³-hybridized carbons (Fsp3) is 0.174. The van der Waals surface area contributed by atoms with Crippen molar-refractivity contribution in [2.45, 2.75) is 6.92 Å². The number of hydrogen-bond donors (Lipinski definition) is 0. The molecule has 0 bridgehead atoms. The highest BCUT2D eigenvalue weighted by molar-refractivity contribution is 6.32. The Balaban J connectivity index is 1.81. The zero-order chi connectivity index (χ0) is 19.8. The van der Waals surface area contributed by atoms with Gasteiger partial charge in [0, 0.05) is 31.2 Å². The van der Waals surface area contributed by atoms with Crippen molar-refractivity contribution in [3.63, 3.8) is 0 Å². The van der Waals surface area contributed by atoms with E-state index in [1.54, 1.807) is 0 Å². The van der Waals surface area contributed by atoms with E-state index in [0.29, 0.717) is 5.57 Å². The van der Waals surface area contributed by atoms with E-state index in [1.807, 2.05) is 75.2 Å². The van der Waals surface area contributed by atoms with Crippen molar-refractivity contribution in [2.24, 2.45) is 12.1 Å². The van der Waals surface area contributed by atoms with Gasteiger partial charge in [0.15, 0.2) is 0 Å². The van der Waals surface area contributed by atoms with Crippen molar-refractivity contribution < 1.29 is 9.36 Å². The van der Waals surface area contributed by atoms with E-state index in [2.05, 4.69) is 34.3 Å². The molecule has 0 radical (unpaired) electrons. The van der Waals surface area contributed by atoms with Gasteiger partial charge in [-0.15, -0.1) is 0 Å². The van der Waals surface area contributed by atoms with Crippen LogP contribution >= 0.6 is 0 Å². The Bertz CT molecular complexity index is 1140. The van der Waals surface area contributed by atoms with E-state index in [0.717, 1.165) is 33.6 Å². The first-order valence-electron chi connectivity index (χ1n) is 9.23. The molecule has 0 atom stereocenters. The molecule has 0 saturated carbocycles. The monoisotopic (exact) mass is 371 g/mol. The summed E-state index contributed by atoms with van der Waals surface area (Å²) in [5.41, 5.74) is 3.50. The Morgan fingerprint density at radius 1 is 1.00 bits per heavy atom. The number of nitrogens with zero attached hydrogens (tertiary/aromatic N) is 4. The molecule has 1 amide bonds. The fourth-order valence-electron chi connectivity index (χ4n) is 3.55. The molecule has 3 aromatic rings. The van der Waals surface area contributed by atoms with Gasteiger partial charge in [-0.1, -0.05) is 46.5 Å². The summed E-state index contributed by atoms with van der Waals surface area (Å²) >= 11 is 0. The Kier molecular flexibility index (Phi) is 4.43. The van der Waals surface area contributed by atoms with Crippen LogP contribution in [0.4, 0.5) is 11.5 Å². The summed E-state index contributed by atoms with van der Waals surface area (Å²) in [6.07, 6.45) is 3.86. The lowest BCUT2D eigenvalue weighted by atomic mass is 9.99. The Hall–Kier alpha value is -3.47. The number of anilines is 2. The van der Waals surface area contributed by atoms with Gasteiger partial charge in [-0.2, -0.15) is 0 Å². The third-order valence-corrected chi connectivity index (χ3v) is 5.02. The van der Waals surface area contributed by atoms with Crippen LogP contribution in [-0.4, -0.2) is 25.7 Å². The van der Waals surface area contributed by atoms with Gasteiger partial charge in [-0.3, -0.25) is 0 Å². The van der Waals surface area contributed by atoms with Gasteiger partial charge in [-0.25, -0.2) is 9.36 Å². The molecule has 2 aromatic carbocycles. The second kappa shape index (κ2) is 6.93. The molecular weight excluding hydrogens is 348 g/mol. The summed E-state index contributed by atoms with van der Waals surface area (Å²) < 4.78 is 1.89. The summed E-state index contributed by atoms with van der Waals surface area (Å²) in [6.45, 7) is 1.88. The molecule has 140 valence electrons. The van der Waals surface area contributed by atoms with Crippen LogP contribution < -0.4 is 14.5 Å². The van der Waals surface area contributed by atoms with E-state index >= 15 is 0 Å². The average Bonchev–Trinajstić information content (AvgIpc) is 2.96. The van der Waals surface area contributed by atoms with Crippen molar-refractivity contribution in [1.29, 1.82) is 0 Å². The Morgan fingerprint density at radius 3 is 2.43 bits per heavy atom. The van der Waals surface area contributed by atoms with E-state index in [9.17, 15) is 4.79 Å². The first-order valence-corrected chi connectivity index (χ1v) is 9.23. The Morgan fingerprint density at radius 2 is 1.71 bits per heavy atom. The van der Waals surface area contributed by atoms with Gasteiger partial charge in [-0.05, 0) is 36.1 Å². The molecule has 4 rings (SSSR count). The molecule has 0 saturated heterocycles. The van der Waals surface area contributed by atoms with Gasteiger partial charge in [0.2, 0.25) is 0 Å². The van der Waals surface area contributed by atoms with Crippen molar-refractivity contribution in [3.05, 3.63) is 71.9 Å². The first-order chi connectivity index (χ1) is 13.5. The summed E-state index contributed by atoms with van der Waals surface area (Å²) in [5, 5.41) is 8.25. The summed E-state index contributed by atoms with van der Waals surface area (Å²) in [4.78, 5) is 15.2. The number of aromatic nitrogens is 1. The maximum Gasteiger partial charge on any atom is 0.368 e. The Labute approximate surface area is 164 Å². The highest BCUT2D eigenvalue weighted by atomic mass is 16.2. The number of hydrogen-bond acceptors (Lipinski definition) is 3. The molecule has 0 fully saturated rings. The predicted molar refractivity (Wildman–Crippen MR) is 114 cm³/mol. The topological polar surface area (TPSA) is 39.8 Å². The van der Waals surface area contributed by atoms with Crippen LogP contribution in [0.1, 0.15) is 12.5 Å². The van der Waals surface area contributed by atoms with Gasteiger partial charge >= 0.3 is 11.7 Å². The molecule has 5 nitrogen and oxygen atoms in total. The third-order valence-electron chi connectivity index (χ3n) is 5.02. The molecular formula is C23H23N4O+. The number of pyridine rings is 1. The van der Waals surface area contributed by atoms with Crippen LogP contribution in [0.3, 0.4) is 0 Å². The lowest BCUT2D eigenvalue weighted by Crippen LogP contribution is -2.37. The fourth-order valence-corrected chi connectivity index (χ4v) is 3.55. The minimum atomic E-state index is -0.111. The summed E-state index contributed by atoms with van der Waals surface area (Å²) in [6, 6.07) is 18.1. The lowest BCUT2D eigenvalue weighted by molar-refractivity contribution is -0.658. The zero-order valence-corrected chi connectivity index (χ0v) is 16.5. The smallest absolute Gasteiger partial charge is 0.368 e. The van der Waals surface area contributed by atoms with Gasteiger partial charge in [0.1, 0.15) is 0 Å². The molecule has 2 heterocycles. The minimum absolute atomic E-state index is 0.111. The molecule has 1 aliphatic heterocycles. The number of rotatable bonds is 3. The largest absolute Gasteiger partial charge is 0.377 e. The van der Waals surface area contributed by atoms with E-state index in [4.69, 9.17) is 0 Å². The highest BCUT2D eigenvalue weighted by Gasteiger charge is 2.37. The number of carbonyl (C=O) groups is 1. The van der Waals surface area contributed by atoms with Crippen LogP contribution in [0.15, 0.2) is 71.5 Å². The SMILES string of the molecule is CC1=NN(c2cccc[n+]2C)C(=O)C1=Cc1ccc(N(C)C)c2ccccc12. The molecule has 1 aromatic heterocycles. The standard InChI is InChI=1S/C23H23N4O/c1-16-20(23(28)27(24-16)22-11-7-8-14-26(22)4)15-17-12-13-21(25(2)3)19-10-6-5-9-18(17)19/h5-15H,1-4H3/q+1. The van der Waals surface area contributed by atoms with Gasteiger partial charge < -0.3 is 4.90 Å². The average molecular weight is 371 g/mol. The molecule has 0 unspecified atom stereocenters. The van der Waals surface area contributed by atoms with Gasteiger partial charge in [0.05, 0.1) is 24.5 Å². The molecule has 1 aliphatic rings. The zero-order valence-electron chi connectivity index (χ0n) is 16.5. The number of fused-ring (bicyclic) bond motifs is 1. The van der Waals surface area contributed by atoms with Crippen LogP contribution in [0.2, 0.25) is 0 Å². The lowest BCUT2D eigenvalue weighted by Gasteiger charge is -2.16. The number of hydrazone groups is 1. The van der Waals surface area contributed by atoms with Crippen LogP contribution in [-0.2, 0) is 11.8 Å². The first kappa shape index (κ1) is 17.9. The van der Waals surface area contributed by atoms with Crippen LogP contribution in [0, 0.1) is 0 Å². The highest BCUT2D eigenvalue weighted by Crippen LogP contribution is 2.31. The molecule has 28 heavy (non-hydrogen) atoms. The number of carbonyl (C=O) groups excluding carboxylic acids is 1. The molecule has 0 spiro atoms. The second-order valence-electron chi connectivity index (χ2n) is 7.14. The van der Waals surface area contributed by atoms with Crippen LogP contribution in [0.5, 0.6) is 0 Å². The normalized spacial score (nSPS) is 15.4. The third kappa shape index (κ3) is 2.95. The molecule has 0 aliphatic carbocycles. The maximum absolute atomic E-state index is 13.1.